The SMILES string of the molecule is O=C(c1cccnc1N1CCOCC1)N1CCOC(CCc2ccccc2)C1. The van der Waals surface area contributed by atoms with Crippen LogP contribution in [0, 0.1) is 0 Å². The summed E-state index contributed by atoms with van der Waals surface area (Å²) in [6.45, 7) is 4.70. The number of carbonyl (C=O) groups is 1. The molecule has 0 N–H and O–H groups in total. The number of benzene rings is 1. The van der Waals surface area contributed by atoms with Crippen LogP contribution in [0.25, 0.3) is 0 Å². The third-order valence-electron chi connectivity index (χ3n) is 5.35. The zero-order valence-electron chi connectivity index (χ0n) is 16.1. The first-order valence-corrected chi connectivity index (χ1v) is 10.0. The predicted molar refractivity (Wildman–Crippen MR) is 108 cm³/mol. The number of pyridine rings is 1. The van der Waals surface area contributed by atoms with Crippen molar-refractivity contribution in [2.75, 3.05) is 50.9 Å². The van der Waals surface area contributed by atoms with E-state index in [1.54, 1.807) is 6.20 Å². The molecule has 2 aromatic rings. The van der Waals surface area contributed by atoms with Crippen LogP contribution in [0.1, 0.15) is 22.3 Å². The second kappa shape index (κ2) is 9.17. The molecule has 2 fully saturated rings. The van der Waals surface area contributed by atoms with Gasteiger partial charge in [0, 0.05) is 32.4 Å². The van der Waals surface area contributed by atoms with Crippen molar-refractivity contribution in [3.63, 3.8) is 0 Å². The van der Waals surface area contributed by atoms with Crippen molar-refractivity contribution in [3.8, 4) is 0 Å². The number of nitrogens with zero attached hydrogens (tertiary/aromatic N) is 3. The Balaban J connectivity index is 1.41. The molecule has 148 valence electrons. The summed E-state index contributed by atoms with van der Waals surface area (Å²) in [7, 11) is 0. The van der Waals surface area contributed by atoms with Gasteiger partial charge in [-0.3, -0.25) is 4.79 Å². The van der Waals surface area contributed by atoms with Crippen LogP contribution in [0.2, 0.25) is 0 Å². The molecule has 0 radical (unpaired) electrons. The van der Waals surface area contributed by atoms with E-state index < -0.39 is 0 Å². The molecule has 0 saturated carbocycles. The van der Waals surface area contributed by atoms with Gasteiger partial charge in [0.25, 0.3) is 5.91 Å². The summed E-state index contributed by atoms with van der Waals surface area (Å²) in [6, 6.07) is 14.1. The number of amides is 1. The minimum absolute atomic E-state index is 0.0441. The fourth-order valence-corrected chi connectivity index (χ4v) is 3.81. The highest BCUT2D eigenvalue weighted by Crippen LogP contribution is 2.22. The van der Waals surface area contributed by atoms with Gasteiger partial charge in [0.1, 0.15) is 5.82 Å². The van der Waals surface area contributed by atoms with Crippen LogP contribution in [0.4, 0.5) is 5.82 Å². The van der Waals surface area contributed by atoms with E-state index >= 15 is 0 Å². The maximum atomic E-state index is 13.3. The Morgan fingerprint density at radius 1 is 1.04 bits per heavy atom. The number of anilines is 1. The topological polar surface area (TPSA) is 54.9 Å². The molecule has 0 bridgehead atoms. The highest BCUT2D eigenvalue weighted by molar-refractivity contribution is 5.99. The molecule has 0 spiro atoms. The Morgan fingerprint density at radius 3 is 2.68 bits per heavy atom. The van der Waals surface area contributed by atoms with Crippen LogP contribution in [0.5, 0.6) is 0 Å². The quantitative estimate of drug-likeness (QED) is 0.796. The first-order chi connectivity index (χ1) is 13.8. The molecule has 6 heteroatoms. The Hall–Kier alpha value is -2.44. The molecule has 3 heterocycles. The van der Waals surface area contributed by atoms with Crippen LogP contribution in [0.3, 0.4) is 0 Å². The van der Waals surface area contributed by atoms with Gasteiger partial charge in [-0.05, 0) is 30.5 Å². The average molecular weight is 381 g/mol. The van der Waals surface area contributed by atoms with Crippen molar-refractivity contribution in [1.82, 2.24) is 9.88 Å². The Labute approximate surface area is 166 Å². The van der Waals surface area contributed by atoms with Gasteiger partial charge in [0.2, 0.25) is 0 Å². The fraction of sp³-hybridized carbons (Fsp3) is 0.455. The van der Waals surface area contributed by atoms with E-state index in [0.29, 0.717) is 38.5 Å². The van der Waals surface area contributed by atoms with Crippen molar-refractivity contribution >= 4 is 11.7 Å². The van der Waals surface area contributed by atoms with Gasteiger partial charge < -0.3 is 19.3 Å². The lowest BCUT2D eigenvalue weighted by molar-refractivity contribution is -0.0246. The number of aromatic nitrogens is 1. The monoisotopic (exact) mass is 381 g/mol. The van der Waals surface area contributed by atoms with Gasteiger partial charge >= 0.3 is 0 Å². The summed E-state index contributed by atoms with van der Waals surface area (Å²) in [5, 5.41) is 0. The smallest absolute Gasteiger partial charge is 0.257 e. The van der Waals surface area contributed by atoms with Gasteiger partial charge in [-0.2, -0.15) is 0 Å². The number of ether oxygens (including phenoxy) is 2. The first-order valence-electron chi connectivity index (χ1n) is 10.0. The predicted octanol–water partition coefficient (Wildman–Crippen LogP) is 2.39. The largest absolute Gasteiger partial charge is 0.378 e. The van der Waals surface area contributed by atoms with Gasteiger partial charge in [-0.1, -0.05) is 30.3 Å². The molecular formula is C22H27N3O3. The van der Waals surface area contributed by atoms with Crippen molar-refractivity contribution in [2.24, 2.45) is 0 Å². The second-order valence-electron chi connectivity index (χ2n) is 7.24. The minimum Gasteiger partial charge on any atom is -0.378 e. The standard InChI is InChI=1S/C22H27N3O3/c26-22(20-7-4-10-23-21(20)24-11-14-27-15-12-24)25-13-16-28-19(17-25)9-8-18-5-2-1-3-6-18/h1-7,10,19H,8-9,11-17H2. The Kier molecular flexibility index (Phi) is 6.19. The molecule has 1 amide bonds. The zero-order valence-corrected chi connectivity index (χ0v) is 16.1. The lowest BCUT2D eigenvalue weighted by Crippen LogP contribution is -2.46. The number of morpholine rings is 2. The van der Waals surface area contributed by atoms with Crippen LogP contribution in [-0.4, -0.2) is 67.9 Å². The van der Waals surface area contributed by atoms with Crippen molar-refractivity contribution in [2.45, 2.75) is 18.9 Å². The highest BCUT2D eigenvalue weighted by atomic mass is 16.5. The molecular weight excluding hydrogens is 354 g/mol. The van der Waals surface area contributed by atoms with E-state index in [0.717, 1.165) is 31.7 Å². The molecule has 6 nitrogen and oxygen atoms in total. The lowest BCUT2D eigenvalue weighted by atomic mass is 10.1. The van der Waals surface area contributed by atoms with Crippen molar-refractivity contribution in [1.29, 1.82) is 0 Å². The molecule has 0 aliphatic carbocycles. The van der Waals surface area contributed by atoms with Gasteiger partial charge in [-0.25, -0.2) is 4.98 Å². The van der Waals surface area contributed by atoms with Gasteiger partial charge in [0.15, 0.2) is 0 Å². The van der Waals surface area contributed by atoms with Gasteiger partial charge in [0.05, 0.1) is 31.5 Å². The molecule has 1 aromatic carbocycles. The first kappa shape index (κ1) is 18.9. The van der Waals surface area contributed by atoms with E-state index in [9.17, 15) is 4.79 Å². The summed E-state index contributed by atoms with van der Waals surface area (Å²) < 4.78 is 11.4. The van der Waals surface area contributed by atoms with Crippen LogP contribution >= 0.6 is 0 Å². The molecule has 2 saturated heterocycles. The van der Waals surface area contributed by atoms with E-state index in [-0.39, 0.29) is 12.0 Å². The minimum atomic E-state index is 0.0441. The highest BCUT2D eigenvalue weighted by Gasteiger charge is 2.28. The summed E-state index contributed by atoms with van der Waals surface area (Å²) in [4.78, 5) is 21.8. The van der Waals surface area contributed by atoms with Crippen molar-refractivity contribution < 1.29 is 14.3 Å². The summed E-state index contributed by atoms with van der Waals surface area (Å²) in [5.41, 5.74) is 1.98. The van der Waals surface area contributed by atoms with Gasteiger partial charge in [-0.15, -0.1) is 0 Å². The Bertz CT molecular complexity index is 778. The van der Waals surface area contributed by atoms with Crippen LogP contribution in [-0.2, 0) is 15.9 Å². The van der Waals surface area contributed by atoms with E-state index in [1.807, 2.05) is 23.1 Å². The maximum absolute atomic E-state index is 13.3. The molecule has 28 heavy (non-hydrogen) atoms. The number of aryl methyl sites for hydroxylation is 1. The molecule has 4 rings (SSSR count). The summed E-state index contributed by atoms with van der Waals surface area (Å²) in [5.74, 6) is 0.811. The molecule has 1 aromatic heterocycles. The molecule has 1 atom stereocenters. The average Bonchev–Trinajstić information content (AvgIpc) is 2.79. The maximum Gasteiger partial charge on any atom is 0.257 e. The third-order valence-corrected chi connectivity index (χ3v) is 5.35. The second-order valence-corrected chi connectivity index (χ2v) is 7.24. The third kappa shape index (κ3) is 4.51. The fourth-order valence-electron chi connectivity index (χ4n) is 3.81. The van der Waals surface area contributed by atoms with E-state index in [2.05, 4.69) is 34.1 Å². The number of rotatable bonds is 5. The molecule has 2 aliphatic heterocycles. The summed E-state index contributed by atoms with van der Waals surface area (Å²) >= 11 is 0. The number of carbonyl (C=O) groups excluding carboxylic acids is 1. The Morgan fingerprint density at radius 2 is 1.86 bits per heavy atom. The molecule has 2 aliphatic rings. The number of hydrogen-bond acceptors (Lipinski definition) is 5. The van der Waals surface area contributed by atoms with Crippen molar-refractivity contribution in [3.05, 3.63) is 59.8 Å². The van der Waals surface area contributed by atoms with Crippen LogP contribution < -0.4 is 4.90 Å². The van der Waals surface area contributed by atoms with Crippen LogP contribution in [0.15, 0.2) is 48.7 Å². The van der Waals surface area contributed by atoms with E-state index in [4.69, 9.17) is 9.47 Å². The normalized spacial score (nSPS) is 20.2. The summed E-state index contributed by atoms with van der Waals surface area (Å²) in [6.07, 6.45) is 3.70. The number of hydrogen-bond donors (Lipinski definition) is 0. The van der Waals surface area contributed by atoms with E-state index in [1.165, 1.54) is 5.56 Å². The molecule has 1 unspecified atom stereocenters. The zero-order chi connectivity index (χ0) is 19.2. The lowest BCUT2D eigenvalue weighted by Gasteiger charge is -2.34.